The van der Waals surface area contributed by atoms with Crippen molar-refractivity contribution in [3.8, 4) is 0 Å². The highest BCUT2D eigenvalue weighted by molar-refractivity contribution is 5.06. The highest BCUT2D eigenvalue weighted by atomic mass is 15.0. The van der Waals surface area contributed by atoms with Gasteiger partial charge in [-0.3, -0.25) is 0 Å². The molecule has 5 unspecified atom stereocenters. The molecule has 0 spiro atoms. The standard InChI is InChI=1S/C17H29N/c1-11-5-7-13(8-6-11)18-17-10-12-9-16(17)15-4-2-3-14(12)15/h11-18H,2-10H2,1H3. The summed E-state index contributed by atoms with van der Waals surface area (Å²) in [6, 6.07) is 1.78. The van der Waals surface area contributed by atoms with Crippen LogP contribution in [0.15, 0.2) is 0 Å². The van der Waals surface area contributed by atoms with Crippen molar-refractivity contribution in [2.75, 3.05) is 0 Å². The van der Waals surface area contributed by atoms with Crippen molar-refractivity contribution in [2.24, 2.45) is 29.6 Å². The third kappa shape index (κ3) is 1.85. The zero-order valence-electron chi connectivity index (χ0n) is 11.9. The Morgan fingerprint density at radius 3 is 2.39 bits per heavy atom. The summed E-state index contributed by atoms with van der Waals surface area (Å²) >= 11 is 0. The van der Waals surface area contributed by atoms with Crippen molar-refractivity contribution < 1.29 is 0 Å². The van der Waals surface area contributed by atoms with E-state index in [-0.39, 0.29) is 0 Å². The van der Waals surface area contributed by atoms with Gasteiger partial charge < -0.3 is 5.32 Å². The molecule has 5 atom stereocenters. The monoisotopic (exact) mass is 247 g/mol. The minimum absolute atomic E-state index is 0.866. The molecule has 0 aromatic carbocycles. The van der Waals surface area contributed by atoms with Gasteiger partial charge in [0.05, 0.1) is 0 Å². The SMILES string of the molecule is CC1CCC(NC2CC3CC2C2CCCC32)CC1. The fourth-order valence-corrected chi connectivity index (χ4v) is 5.99. The molecule has 0 amide bonds. The predicted octanol–water partition coefficient (Wildman–Crippen LogP) is 3.98. The van der Waals surface area contributed by atoms with E-state index in [1.165, 1.54) is 38.5 Å². The van der Waals surface area contributed by atoms with E-state index in [2.05, 4.69) is 12.2 Å². The van der Waals surface area contributed by atoms with Gasteiger partial charge in [0.2, 0.25) is 0 Å². The Labute approximate surface area is 112 Å². The minimum Gasteiger partial charge on any atom is -0.311 e. The molecule has 0 heterocycles. The summed E-state index contributed by atoms with van der Waals surface area (Å²) in [6.45, 7) is 2.43. The van der Waals surface area contributed by atoms with Crippen LogP contribution in [-0.2, 0) is 0 Å². The van der Waals surface area contributed by atoms with Crippen LogP contribution >= 0.6 is 0 Å². The highest BCUT2D eigenvalue weighted by Crippen LogP contribution is 2.58. The Balaban J connectivity index is 1.37. The fourth-order valence-electron chi connectivity index (χ4n) is 5.99. The summed E-state index contributed by atoms with van der Waals surface area (Å²) in [5.41, 5.74) is 0. The summed E-state index contributed by atoms with van der Waals surface area (Å²) in [5.74, 6) is 5.45. The molecule has 4 aliphatic carbocycles. The molecule has 2 bridgehead atoms. The quantitative estimate of drug-likeness (QED) is 0.778. The molecule has 4 rings (SSSR count). The molecule has 1 N–H and O–H groups in total. The molecule has 1 nitrogen and oxygen atoms in total. The van der Waals surface area contributed by atoms with Gasteiger partial charge in [-0.1, -0.05) is 13.3 Å². The third-order valence-corrected chi connectivity index (χ3v) is 6.89. The normalized spacial score (nSPS) is 54.8. The van der Waals surface area contributed by atoms with E-state index in [1.54, 1.807) is 19.3 Å². The summed E-state index contributed by atoms with van der Waals surface area (Å²) in [4.78, 5) is 0. The van der Waals surface area contributed by atoms with E-state index in [1.807, 2.05) is 0 Å². The van der Waals surface area contributed by atoms with Gasteiger partial charge >= 0.3 is 0 Å². The van der Waals surface area contributed by atoms with E-state index < -0.39 is 0 Å². The Morgan fingerprint density at radius 1 is 0.778 bits per heavy atom. The lowest BCUT2D eigenvalue weighted by atomic mass is 9.78. The summed E-state index contributed by atoms with van der Waals surface area (Å²) in [5, 5.41) is 4.08. The second kappa shape index (κ2) is 4.51. The van der Waals surface area contributed by atoms with Crippen LogP contribution in [0.5, 0.6) is 0 Å². The lowest BCUT2D eigenvalue weighted by Crippen LogP contribution is -2.45. The molecule has 4 saturated carbocycles. The Kier molecular flexibility index (Phi) is 2.94. The van der Waals surface area contributed by atoms with Gasteiger partial charge in [-0.05, 0) is 81.0 Å². The molecule has 0 saturated heterocycles. The van der Waals surface area contributed by atoms with Crippen molar-refractivity contribution in [3.63, 3.8) is 0 Å². The maximum atomic E-state index is 4.08. The van der Waals surface area contributed by atoms with Gasteiger partial charge in [-0.25, -0.2) is 0 Å². The van der Waals surface area contributed by atoms with Crippen molar-refractivity contribution in [2.45, 2.75) is 76.8 Å². The van der Waals surface area contributed by atoms with Gasteiger partial charge in [0.1, 0.15) is 0 Å². The second-order valence-electron chi connectivity index (χ2n) is 7.88. The van der Waals surface area contributed by atoms with Crippen molar-refractivity contribution >= 4 is 0 Å². The zero-order valence-corrected chi connectivity index (χ0v) is 11.9. The Hall–Kier alpha value is -0.0400. The van der Waals surface area contributed by atoms with Crippen LogP contribution in [0.2, 0.25) is 0 Å². The zero-order chi connectivity index (χ0) is 12.1. The van der Waals surface area contributed by atoms with Crippen molar-refractivity contribution in [1.82, 2.24) is 5.32 Å². The lowest BCUT2D eigenvalue weighted by Gasteiger charge is -2.36. The van der Waals surface area contributed by atoms with Crippen LogP contribution in [0.4, 0.5) is 0 Å². The van der Waals surface area contributed by atoms with E-state index in [0.717, 1.165) is 41.7 Å². The van der Waals surface area contributed by atoms with Gasteiger partial charge in [-0.15, -0.1) is 0 Å². The fraction of sp³-hybridized carbons (Fsp3) is 1.00. The number of fused-ring (bicyclic) bond motifs is 5. The largest absolute Gasteiger partial charge is 0.311 e. The van der Waals surface area contributed by atoms with Crippen LogP contribution < -0.4 is 5.32 Å². The first-order valence-corrected chi connectivity index (χ1v) is 8.57. The second-order valence-corrected chi connectivity index (χ2v) is 7.88. The van der Waals surface area contributed by atoms with Crippen LogP contribution in [0, 0.1) is 29.6 Å². The molecule has 0 aromatic heterocycles. The van der Waals surface area contributed by atoms with Crippen LogP contribution in [0.3, 0.4) is 0 Å². The maximum Gasteiger partial charge on any atom is 0.0103 e. The number of rotatable bonds is 2. The number of nitrogens with one attached hydrogen (secondary N) is 1. The molecule has 4 aliphatic rings. The number of hydrogen-bond acceptors (Lipinski definition) is 1. The highest BCUT2D eigenvalue weighted by Gasteiger charge is 2.53. The predicted molar refractivity (Wildman–Crippen MR) is 75.4 cm³/mol. The molecular formula is C17H29N. The molecule has 0 aromatic rings. The first-order valence-electron chi connectivity index (χ1n) is 8.57. The third-order valence-electron chi connectivity index (χ3n) is 6.89. The topological polar surface area (TPSA) is 12.0 Å². The summed E-state index contributed by atoms with van der Waals surface area (Å²) < 4.78 is 0. The summed E-state index contributed by atoms with van der Waals surface area (Å²) in [7, 11) is 0. The van der Waals surface area contributed by atoms with Crippen molar-refractivity contribution in [1.29, 1.82) is 0 Å². The van der Waals surface area contributed by atoms with Crippen LogP contribution in [0.25, 0.3) is 0 Å². The van der Waals surface area contributed by atoms with E-state index >= 15 is 0 Å². The smallest absolute Gasteiger partial charge is 0.0103 e. The van der Waals surface area contributed by atoms with E-state index in [4.69, 9.17) is 0 Å². The first-order chi connectivity index (χ1) is 8.81. The molecule has 0 radical (unpaired) electrons. The van der Waals surface area contributed by atoms with Crippen LogP contribution in [0.1, 0.15) is 64.7 Å². The van der Waals surface area contributed by atoms with Gasteiger partial charge in [0, 0.05) is 12.1 Å². The van der Waals surface area contributed by atoms with Gasteiger partial charge in [0.15, 0.2) is 0 Å². The Morgan fingerprint density at radius 2 is 1.56 bits per heavy atom. The molecule has 4 fully saturated rings. The minimum atomic E-state index is 0.866. The van der Waals surface area contributed by atoms with Gasteiger partial charge in [0.25, 0.3) is 0 Å². The Bertz CT molecular complexity index is 305. The molecule has 1 heteroatoms. The molecular weight excluding hydrogens is 218 g/mol. The molecule has 102 valence electrons. The van der Waals surface area contributed by atoms with Crippen LogP contribution in [-0.4, -0.2) is 12.1 Å². The van der Waals surface area contributed by atoms with Crippen molar-refractivity contribution in [3.05, 3.63) is 0 Å². The lowest BCUT2D eigenvalue weighted by molar-refractivity contribution is 0.181. The number of hydrogen-bond donors (Lipinski definition) is 1. The maximum absolute atomic E-state index is 4.08. The average molecular weight is 247 g/mol. The van der Waals surface area contributed by atoms with E-state index in [9.17, 15) is 0 Å². The molecule has 0 aliphatic heterocycles. The van der Waals surface area contributed by atoms with Gasteiger partial charge in [-0.2, -0.15) is 0 Å². The average Bonchev–Trinajstić information content (AvgIpc) is 3.03. The first kappa shape index (κ1) is 11.8. The summed E-state index contributed by atoms with van der Waals surface area (Å²) in [6.07, 6.45) is 13.6. The van der Waals surface area contributed by atoms with E-state index in [0.29, 0.717) is 0 Å². The molecule has 18 heavy (non-hydrogen) atoms.